The second-order valence-electron chi connectivity index (χ2n) is 3.51. The van der Waals surface area contributed by atoms with Gasteiger partial charge in [0.2, 0.25) is 0 Å². The van der Waals surface area contributed by atoms with E-state index >= 15 is 0 Å². The third-order valence-corrected chi connectivity index (χ3v) is 3.04. The van der Waals surface area contributed by atoms with E-state index in [0.717, 1.165) is 4.88 Å². The number of esters is 1. The van der Waals surface area contributed by atoms with Crippen LogP contribution < -0.4 is 0 Å². The van der Waals surface area contributed by atoms with Gasteiger partial charge in [-0.25, -0.2) is 0 Å². The lowest BCUT2D eigenvalue weighted by molar-refractivity contribution is -0.154. The minimum absolute atomic E-state index is 0.240. The molecule has 0 unspecified atom stereocenters. The Labute approximate surface area is 82.5 Å². The van der Waals surface area contributed by atoms with Crippen LogP contribution in [0, 0.1) is 6.92 Å². The predicted molar refractivity (Wildman–Crippen MR) is 53.8 cm³/mol. The molecule has 0 amide bonds. The van der Waals surface area contributed by atoms with Crippen molar-refractivity contribution in [2.24, 2.45) is 0 Å². The number of carbonyl (C=O) groups is 1. The molecule has 2 nitrogen and oxygen atoms in total. The second kappa shape index (κ2) is 3.50. The van der Waals surface area contributed by atoms with Gasteiger partial charge in [0.15, 0.2) is 0 Å². The van der Waals surface area contributed by atoms with Crippen LogP contribution in [0.3, 0.4) is 0 Å². The van der Waals surface area contributed by atoms with Gasteiger partial charge in [-0.15, -0.1) is 11.3 Å². The van der Waals surface area contributed by atoms with Gasteiger partial charge in [-0.1, -0.05) is 0 Å². The molecule has 0 aromatic carbocycles. The summed E-state index contributed by atoms with van der Waals surface area (Å²) in [7, 11) is 0. The number of aryl methyl sites for hydroxylation is 1. The molecule has 0 atom stereocenters. The summed E-state index contributed by atoms with van der Waals surface area (Å²) < 4.78 is 5.21. The number of thiophene rings is 1. The summed E-state index contributed by atoms with van der Waals surface area (Å²) in [5.41, 5.74) is -0.495. The summed E-state index contributed by atoms with van der Waals surface area (Å²) in [5, 5.41) is 0. The fourth-order valence-corrected chi connectivity index (χ4v) is 2.07. The molecule has 0 bridgehead atoms. The van der Waals surface area contributed by atoms with Crippen LogP contribution >= 0.6 is 11.3 Å². The van der Waals surface area contributed by atoms with Crippen molar-refractivity contribution in [3.8, 4) is 0 Å². The molecule has 13 heavy (non-hydrogen) atoms. The highest BCUT2D eigenvalue weighted by atomic mass is 32.1. The molecule has 0 aliphatic rings. The maximum Gasteiger partial charge on any atom is 0.303 e. The maximum atomic E-state index is 10.8. The van der Waals surface area contributed by atoms with Gasteiger partial charge < -0.3 is 4.74 Å². The summed E-state index contributed by atoms with van der Waals surface area (Å²) in [6, 6.07) is 4.04. The molecule has 1 aromatic rings. The summed E-state index contributed by atoms with van der Waals surface area (Å²) in [6.07, 6.45) is 0. The Morgan fingerprint density at radius 3 is 2.46 bits per heavy atom. The molecule has 72 valence electrons. The largest absolute Gasteiger partial charge is 0.454 e. The Morgan fingerprint density at radius 1 is 1.46 bits per heavy atom. The fourth-order valence-electron chi connectivity index (χ4n) is 1.17. The molecule has 0 spiro atoms. The van der Waals surface area contributed by atoms with Crippen molar-refractivity contribution < 1.29 is 9.53 Å². The summed E-state index contributed by atoms with van der Waals surface area (Å²) in [4.78, 5) is 13.1. The first-order valence-electron chi connectivity index (χ1n) is 4.18. The Hall–Kier alpha value is -0.830. The van der Waals surface area contributed by atoms with Crippen LogP contribution in [0.1, 0.15) is 30.5 Å². The third kappa shape index (κ3) is 2.56. The van der Waals surface area contributed by atoms with Gasteiger partial charge in [-0.3, -0.25) is 4.79 Å². The molecule has 0 saturated heterocycles. The summed E-state index contributed by atoms with van der Waals surface area (Å²) in [5.74, 6) is -0.240. The number of ether oxygens (including phenoxy) is 1. The molecule has 0 aliphatic carbocycles. The first kappa shape index (κ1) is 10.3. The first-order chi connectivity index (χ1) is 5.92. The van der Waals surface area contributed by atoms with Gasteiger partial charge in [0.25, 0.3) is 0 Å². The predicted octanol–water partition coefficient (Wildman–Crippen LogP) is 2.85. The topological polar surface area (TPSA) is 26.3 Å². The molecular weight excluding hydrogens is 184 g/mol. The molecule has 1 aromatic heterocycles. The maximum absolute atomic E-state index is 10.8. The lowest BCUT2D eigenvalue weighted by atomic mass is 10.1. The molecule has 1 rings (SSSR count). The standard InChI is InChI=1S/C10H14O2S/c1-7-5-6-9(13-7)10(3,4)12-8(2)11/h5-6H,1-4H3. The molecule has 0 fully saturated rings. The average molecular weight is 198 g/mol. The Balaban J connectivity index is 2.86. The van der Waals surface area contributed by atoms with Crippen LogP contribution in [-0.2, 0) is 15.1 Å². The van der Waals surface area contributed by atoms with E-state index in [2.05, 4.69) is 0 Å². The molecule has 0 N–H and O–H groups in total. The third-order valence-electron chi connectivity index (χ3n) is 1.73. The van der Waals surface area contributed by atoms with E-state index < -0.39 is 5.60 Å². The smallest absolute Gasteiger partial charge is 0.303 e. The van der Waals surface area contributed by atoms with Crippen LogP contribution in [0.4, 0.5) is 0 Å². The van der Waals surface area contributed by atoms with Crippen LogP contribution in [0.25, 0.3) is 0 Å². The number of hydrogen-bond donors (Lipinski definition) is 0. The SMILES string of the molecule is CC(=O)OC(C)(C)c1ccc(C)s1. The highest BCUT2D eigenvalue weighted by Gasteiger charge is 2.25. The Morgan fingerprint density at radius 2 is 2.08 bits per heavy atom. The number of carbonyl (C=O) groups excluding carboxylic acids is 1. The lowest BCUT2D eigenvalue weighted by Crippen LogP contribution is -2.22. The van der Waals surface area contributed by atoms with E-state index in [1.807, 2.05) is 32.9 Å². The minimum atomic E-state index is -0.495. The van der Waals surface area contributed by atoms with E-state index in [9.17, 15) is 4.79 Å². The van der Waals surface area contributed by atoms with Gasteiger partial charge in [0.05, 0.1) is 0 Å². The van der Waals surface area contributed by atoms with Gasteiger partial charge in [-0.2, -0.15) is 0 Å². The van der Waals surface area contributed by atoms with Crippen molar-refractivity contribution in [3.05, 3.63) is 21.9 Å². The van der Waals surface area contributed by atoms with E-state index in [1.165, 1.54) is 11.8 Å². The highest BCUT2D eigenvalue weighted by molar-refractivity contribution is 7.12. The Kier molecular flexibility index (Phi) is 2.76. The van der Waals surface area contributed by atoms with Gasteiger partial charge >= 0.3 is 5.97 Å². The molecule has 0 saturated carbocycles. The minimum Gasteiger partial charge on any atom is -0.454 e. The van der Waals surface area contributed by atoms with Crippen LogP contribution in [0.5, 0.6) is 0 Å². The quantitative estimate of drug-likeness (QED) is 0.683. The van der Waals surface area contributed by atoms with Crippen molar-refractivity contribution in [1.82, 2.24) is 0 Å². The van der Waals surface area contributed by atoms with Crippen LogP contribution in [0.15, 0.2) is 12.1 Å². The van der Waals surface area contributed by atoms with Crippen molar-refractivity contribution >= 4 is 17.3 Å². The monoisotopic (exact) mass is 198 g/mol. The zero-order valence-corrected chi connectivity index (χ0v) is 9.20. The first-order valence-corrected chi connectivity index (χ1v) is 5.00. The molecule has 0 aliphatic heterocycles. The van der Waals surface area contributed by atoms with Crippen molar-refractivity contribution in [1.29, 1.82) is 0 Å². The number of hydrogen-bond acceptors (Lipinski definition) is 3. The van der Waals surface area contributed by atoms with E-state index in [-0.39, 0.29) is 5.97 Å². The van der Waals surface area contributed by atoms with Crippen LogP contribution in [-0.4, -0.2) is 5.97 Å². The van der Waals surface area contributed by atoms with E-state index in [1.54, 1.807) is 11.3 Å². The lowest BCUT2D eigenvalue weighted by Gasteiger charge is -2.22. The number of rotatable bonds is 2. The van der Waals surface area contributed by atoms with E-state index in [4.69, 9.17) is 4.74 Å². The fraction of sp³-hybridized carbons (Fsp3) is 0.500. The van der Waals surface area contributed by atoms with Crippen molar-refractivity contribution in [2.75, 3.05) is 0 Å². The average Bonchev–Trinajstić information content (AvgIpc) is 2.32. The molecule has 3 heteroatoms. The summed E-state index contributed by atoms with van der Waals surface area (Å²) in [6.45, 7) is 7.28. The van der Waals surface area contributed by atoms with Gasteiger partial charge in [0.1, 0.15) is 5.60 Å². The zero-order chi connectivity index (χ0) is 10.1. The zero-order valence-electron chi connectivity index (χ0n) is 8.38. The highest BCUT2D eigenvalue weighted by Crippen LogP contribution is 2.30. The molecular formula is C10H14O2S. The molecule has 1 heterocycles. The van der Waals surface area contributed by atoms with Gasteiger partial charge in [0, 0.05) is 16.7 Å². The normalized spacial score (nSPS) is 11.4. The molecule has 0 radical (unpaired) electrons. The Bertz CT molecular complexity index is 312. The van der Waals surface area contributed by atoms with Crippen molar-refractivity contribution in [3.63, 3.8) is 0 Å². The van der Waals surface area contributed by atoms with Crippen molar-refractivity contribution in [2.45, 2.75) is 33.3 Å². The van der Waals surface area contributed by atoms with Gasteiger partial charge in [-0.05, 0) is 32.9 Å². The second-order valence-corrected chi connectivity index (χ2v) is 4.80. The summed E-state index contributed by atoms with van der Waals surface area (Å²) >= 11 is 1.66. The van der Waals surface area contributed by atoms with Crippen LogP contribution in [0.2, 0.25) is 0 Å². The van der Waals surface area contributed by atoms with E-state index in [0.29, 0.717) is 0 Å².